The number of H-pyrrole nitrogens is 1. The molecule has 7 atom stereocenters. The number of rotatable bonds is 20. The van der Waals surface area contributed by atoms with E-state index in [-0.39, 0.29) is 6.10 Å². The van der Waals surface area contributed by atoms with Crippen LogP contribution in [0.3, 0.4) is 0 Å². The van der Waals surface area contributed by atoms with Crippen LogP contribution in [0.15, 0.2) is 121 Å². The van der Waals surface area contributed by atoms with Crippen molar-refractivity contribution in [2.75, 3.05) is 13.2 Å². The predicted octanol–water partition coefficient (Wildman–Crippen LogP) is 8.04. The first-order valence-electron chi connectivity index (χ1n) is 18.8. The van der Waals surface area contributed by atoms with E-state index < -0.39 is 36.6 Å². The topological polar surface area (TPSA) is 108 Å². The highest BCUT2D eigenvalue weighted by Gasteiger charge is 2.54. The summed E-state index contributed by atoms with van der Waals surface area (Å²) in [6.45, 7) is 4.17. The molecule has 1 aliphatic rings. The molecule has 0 radical (unpaired) electrons. The number of aromatic amines is 1. The van der Waals surface area contributed by atoms with Crippen LogP contribution < -0.4 is 5.73 Å². The summed E-state index contributed by atoms with van der Waals surface area (Å²) in [6, 6.07) is 38.4. The van der Waals surface area contributed by atoms with Crippen molar-refractivity contribution < 1.29 is 28.8 Å². The van der Waals surface area contributed by atoms with Crippen LogP contribution >= 0.6 is 0 Å². The molecule has 52 heavy (non-hydrogen) atoms. The van der Waals surface area contributed by atoms with Crippen LogP contribution in [0, 0.1) is 0 Å². The van der Waals surface area contributed by atoms with Gasteiger partial charge in [-0.1, -0.05) is 128 Å². The molecule has 1 saturated carbocycles. The third-order valence-electron chi connectivity index (χ3n) is 9.90. The summed E-state index contributed by atoms with van der Waals surface area (Å²) in [5, 5.41) is 13.5. The highest BCUT2D eigenvalue weighted by molar-refractivity contribution is 5.83. The van der Waals surface area contributed by atoms with Crippen LogP contribution in [0.4, 0.5) is 0 Å². The van der Waals surface area contributed by atoms with Gasteiger partial charge in [0.15, 0.2) is 0 Å². The molecule has 7 unspecified atom stereocenters. The molecule has 0 bridgehead atoms. The molecular weight excluding hydrogens is 652 g/mol. The van der Waals surface area contributed by atoms with E-state index >= 15 is 0 Å². The Morgan fingerprint density at radius 3 is 1.63 bits per heavy atom. The molecule has 0 amide bonds. The number of benzene rings is 4. The van der Waals surface area contributed by atoms with Gasteiger partial charge in [0.1, 0.15) is 36.6 Å². The van der Waals surface area contributed by atoms with Crippen LogP contribution in [-0.4, -0.2) is 59.9 Å². The molecular formula is C44H54N2O6. The van der Waals surface area contributed by atoms with Crippen molar-refractivity contribution in [1.29, 1.82) is 0 Å². The molecule has 1 aliphatic carbocycles. The quantitative estimate of drug-likeness (QED) is 0.0704. The monoisotopic (exact) mass is 706 g/mol. The highest BCUT2D eigenvalue weighted by Crippen LogP contribution is 2.37. The van der Waals surface area contributed by atoms with Crippen molar-refractivity contribution >= 4 is 10.9 Å². The summed E-state index contributed by atoms with van der Waals surface area (Å²) in [7, 11) is 0. The fourth-order valence-electron chi connectivity index (χ4n) is 7.09. The second kappa shape index (κ2) is 19.8. The molecule has 5 aromatic rings. The Morgan fingerprint density at radius 2 is 1.06 bits per heavy atom. The minimum atomic E-state index is -1.07. The number of unbranched alkanes of at least 4 members (excludes halogenated alkanes) is 4. The van der Waals surface area contributed by atoms with E-state index in [9.17, 15) is 5.11 Å². The van der Waals surface area contributed by atoms with E-state index in [1.165, 1.54) is 0 Å². The molecule has 8 heteroatoms. The first kappa shape index (κ1) is 37.9. The molecule has 0 spiro atoms. The molecule has 1 aromatic heterocycles. The molecule has 4 aromatic carbocycles. The Morgan fingerprint density at radius 1 is 0.577 bits per heavy atom. The summed E-state index contributed by atoms with van der Waals surface area (Å²) < 4.78 is 34.0. The summed E-state index contributed by atoms with van der Waals surface area (Å²) in [5.41, 5.74) is 10.8. The molecule has 6 rings (SSSR count). The van der Waals surface area contributed by atoms with Crippen molar-refractivity contribution in [3.05, 3.63) is 144 Å². The molecule has 276 valence electrons. The maximum absolute atomic E-state index is 12.4. The maximum atomic E-state index is 12.4. The Bertz CT molecular complexity index is 1720. The molecule has 8 nitrogen and oxygen atoms in total. The van der Waals surface area contributed by atoms with Gasteiger partial charge in [0.05, 0.1) is 25.9 Å². The van der Waals surface area contributed by atoms with Crippen molar-refractivity contribution in [2.24, 2.45) is 5.73 Å². The number of nitrogens with one attached hydrogen (secondary N) is 1. The second-order valence-electron chi connectivity index (χ2n) is 13.7. The van der Waals surface area contributed by atoms with E-state index in [1.54, 1.807) is 0 Å². The number of nitrogens with two attached hydrogens (primary N) is 1. The summed E-state index contributed by atoms with van der Waals surface area (Å²) in [4.78, 5) is 3.37. The lowest BCUT2D eigenvalue weighted by Gasteiger charge is -2.49. The van der Waals surface area contributed by atoms with Crippen LogP contribution in [0.25, 0.3) is 10.9 Å². The van der Waals surface area contributed by atoms with Gasteiger partial charge in [-0.3, -0.25) is 0 Å². The lowest BCUT2D eigenvalue weighted by molar-refractivity contribution is -0.285. The third kappa shape index (κ3) is 10.2. The normalized spacial score (nSPS) is 22.4. The van der Waals surface area contributed by atoms with Gasteiger partial charge < -0.3 is 39.5 Å². The van der Waals surface area contributed by atoms with Gasteiger partial charge in [-0.2, -0.15) is 0 Å². The van der Waals surface area contributed by atoms with Crippen molar-refractivity contribution in [3.63, 3.8) is 0 Å². The van der Waals surface area contributed by atoms with Gasteiger partial charge in [-0.25, -0.2) is 0 Å². The van der Waals surface area contributed by atoms with E-state index in [0.29, 0.717) is 33.0 Å². The molecule has 0 saturated heterocycles. The van der Waals surface area contributed by atoms with Crippen LogP contribution in [0.2, 0.25) is 0 Å². The standard InChI is InChI=1S/C44H54N2O6/c1-32(37-28-46-38-25-15-14-24-36(37)38)52-41-39(47)40(48-27-17-4-2-3-16-26-45)42(49-29-33-18-8-5-9-19-33)44(51-31-35-22-12-7-13-23-35)43(41)50-30-34-20-10-6-11-21-34/h5-15,18-25,28,32,39-44,46-47H,2-4,16-17,26-27,29-31,45H2,1H3. The first-order valence-corrected chi connectivity index (χ1v) is 18.8. The number of aliphatic hydroxyl groups excluding tert-OH is 1. The average molecular weight is 707 g/mol. The van der Waals surface area contributed by atoms with Crippen LogP contribution in [0.1, 0.15) is 67.4 Å². The lowest BCUT2D eigenvalue weighted by atomic mass is 9.83. The van der Waals surface area contributed by atoms with E-state index in [1.807, 2.05) is 116 Å². The Kier molecular flexibility index (Phi) is 14.4. The number of para-hydroxylation sites is 1. The molecule has 1 fully saturated rings. The minimum Gasteiger partial charge on any atom is -0.387 e. The van der Waals surface area contributed by atoms with Gasteiger partial charge in [0, 0.05) is 29.3 Å². The molecule has 0 aliphatic heterocycles. The van der Waals surface area contributed by atoms with Gasteiger partial charge in [0.25, 0.3) is 0 Å². The fourth-order valence-corrected chi connectivity index (χ4v) is 7.09. The Hall–Kier alpha value is -3.86. The third-order valence-corrected chi connectivity index (χ3v) is 9.90. The largest absolute Gasteiger partial charge is 0.387 e. The number of fused-ring (bicyclic) bond motifs is 1. The minimum absolute atomic E-state index is 0.310. The maximum Gasteiger partial charge on any atom is 0.116 e. The van der Waals surface area contributed by atoms with E-state index in [4.69, 9.17) is 29.4 Å². The zero-order chi connectivity index (χ0) is 36.0. The number of ether oxygens (including phenoxy) is 5. The SMILES string of the molecule is CC(OC1C(O)C(OCCCCCCCN)C(OCc2ccccc2)C(OCc2ccccc2)C1OCc1ccccc1)c1c[nH]c2ccccc12. The highest BCUT2D eigenvalue weighted by atomic mass is 16.6. The van der Waals surface area contributed by atoms with Gasteiger partial charge in [-0.05, 0) is 49.1 Å². The lowest BCUT2D eigenvalue weighted by Crippen LogP contribution is -2.67. The first-order chi connectivity index (χ1) is 25.6. The van der Waals surface area contributed by atoms with Crippen LogP contribution in [0.5, 0.6) is 0 Å². The predicted molar refractivity (Wildman–Crippen MR) is 205 cm³/mol. The fraction of sp³-hybridized carbons (Fsp3) is 0.409. The van der Waals surface area contributed by atoms with E-state index in [0.717, 1.165) is 65.3 Å². The number of hydrogen-bond acceptors (Lipinski definition) is 7. The number of aromatic nitrogens is 1. The molecule has 4 N–H and O–H groups in total. The second-order valence-corrected chi connectivity index (χ2v) is 13.7. The summed E-state index contributed by atoms with van der Waals surface area (Å²) in [5.74, 6) is 0. The number of hydrogen-bond donors (Lipinski definition) is 3. The smallest absolute Gasteiger partial charge is 0.116 e. The van der Waals surface area contributed by atoms with Crippen molar-refractivity contribution in [1.82, 2.24) is 4.98 Å². The zero-order valence-electron chi connectivity index (χ0n) is 30.2. The van der Waals surface area contributed by atoms with Gasteiger partial charge >= 0.3 is 0 Å². The average Bonchev–Trinajstić information content (AvgIpc) is 3.63. The summed E-state index contributed by atoms with van der Waals surface area (Å²) in [6.07, 6.45) is 2.14. The van der Waals surface area contributed by atoms with Crippen molar-refractivity contribution in [3.8, 4) is 0 Å². The Labute approximate surface area is 308 Å². The van der Waals surface area contributed by atoms with Crippen LogP contribution in [-0.2, 0) is 43.5 Å². The van der Waals surface area contributed by atoms with E-state index in [2.05, 4.69) is 17.1 Å². The van der Waals surface area contributed by atoms with Gasteiger partial charge in [0.2, 0.25) is 0 Å². The van der Waals surface area contributed by atoms with Crippen molar-refractivity contribution in [2.45, 2.75) is 102 Å². The van der Waals surface area contributed by atoms with Gasteiger partial charge in [-0.15, -0.1) is 0 Å². The summed E-state index contributed by atoms with van der Waals surface area (Å²) >= 11 is 0. The number of aliphatic hydroxyl groups is 1. The molecule has 1 heterocycles. The Balaban J connectivity index is 1.33. The zero-order valence-corrected chi connectivity index (χ0v) is 30.2.